The second-order valence-corrected chi connectivity index (χ2v) is 11.4. The first kappa shape index (κ1) is 19.2. The number of carbonyl (C=O) groups excluding carboxylic acids is 1. The van der Waals surface area contributed by atoms with Gasteiger partial charge in [-0.2, -0.15) is 4.31 Å². The third kappa shape index (κ3) is 4.07. The first-order valence-electron chi connectivity index (χ1n) is 8.54. The number of nitrogens with zero attached hydrogens (tertiary/aromatic N) is 2. The fraction of sp³-hybridized carbons (Fsp3) is 0.625. The number of carbonyl (C=O) groups is 1. The van der Waals surface area contributed by atoms with Crippen molar-refractivity contribution < 1.29 is 21.6 Å². The van der Waals surface area contributed by atoms with Crippen molar-refractivity contribution in [1.82, 2.24) is 14.6 Å². The Labute approximate surface area is 154 Å². The molecule has 1 aromatic heterocycles. The summed E-state index contributed by atoms with van der Waals surface area (Å²) in [5.41, 5.74) is -0.727. The topological polar surface area (TPSA) is 114 Å². The highest BCUT2D eigenvalue weighted by Gasteiger charge is 2.41. The highest BCUT2D eigenvalue weighted by molar-refractivity contribution is 7.91. The summed E-state index contributed by atoms with van der Waals surface area (Å²) in [6.45, 7) is 2.26. The van der Waals surface area contributed by atoms with E-state index >= 15 is 0 Å². The van der Waals surface area contributed by atoms with Gasteiger partial charge in [0.1, 0.15) is 4.90 Å². The van der Waals surface area contributed by atoms with Crippen LogP contribution in [0.2, 0.25) is 0 Å². The van der Waals surface area contributed by atoms with Crippen LogP contribution in [0, 0.1) is 5.92 Å². The third-order valence-corrected chi connectivity index (χ3v) is 8.81. The fourth-order valence-electron chi connectivity index (χ4n) is 3.52. The van der Waals surface area contributed by atoms with E-state index in [9.17, 15) is 21.6 Å². The minimum absolute atomic E-state index is 0.0417. The summed E-state index contributed by atoms with van der Waals surface area (Å²) in [6.07, 6.45) is 4.06. The Morgan fingerprint density at radius 1 is 1.35 bits per heavy atom. The Morgan fingerprint density at radius 3 is 2.58 bits per heavy atom. The summed E-state index contributed by atoms with van der Waals surface area (Å²) < 4.78 is 49.9. The number of piperidine rings is 1. The van der Waals surface area contributed by atoms with Gasteiger partial charge in [0.2, 0.25) is 15.9 Å². The smallest absolute Gasteiger partial charge is 0.244 e. The Bertz CT molecular complexity index is 878. The SMILES string of the molecule is CC1(NC(=O)C2CCN(S(=O)(=O)c3cccnc3)CC2)CCS(=O)(=O)C1. The molecule has 3 heterocycles. The number of pyridine rings is 1. The number of sulfone groups is 1. The van der Waals surface area contributed by atoms with Crippen LogP contribution in [-0.4, -0.2) is 62.2 Å². The van der Waals surface area contributed by atoms with E-state index in [1.165, 1.54) is 22.8 Å². The number of rotatable bonds is 4. The van der Waals surface area contributed by atoms with Gasteiger partial charge in [0.05, 0.1) is 17.0 Å². The van der Waals surface area contributed by atoms with Gasteiger partial charge in [0, 0.05) is 31.4 Å². The van der Waals surface area contributed by atoms with E-state index in [-0.39, 0.29) is 41.3 Å². The van der Waals surface area contributed by atoms with Crippen molar-refractivity contribution in [2.75, 3.05) is 24.6 Å². The molecule has 0 aromatic carbocycles. The fourth-order valence-corrected chi connectivity index (χ4v) is 7.04. The van der Waals surface area contributed by atoms with Gasteiger partial charge < -0.3 is 5.32 Å². The minimum atomic E-state index is -3.60. The van der Waals surface area contributed by atoms with E-state index in [1.54, 1.807) is 13.0 Å². The lowest BCUT2D eigenvalue weighted by Crippen LogP contribution is -2.51. The van der Waals surface area contributed by atoms with Crippen molar-refractivity contribution in [3.63, 3.8) is 0 Å². The average Bonchev–Trinajstić information content (AvgIpc) is 2.88. The van der Waals surface area contributed by atoms with E-state index in [0.717, 1.165) is 0 Å². The van der Waals surface area contributed by atoms with Gasteiger partial charge in [-0.25, -0.2) is 16.8 Å². The lowest BCUT2D eigenvalue weighted by Gasteiger charge is -2.33. The van der Waals surface area contributed by atoms with Crippen LogP contribution in [0.25, 0.3) is 0 Å². The lowest BCUT2D eigenvalue weighted by molar-refractivity contribution is -0.127. The third-order valence-electron chi connectivity index (χ3n) is 5.03. The minimum Gasteiger partial charge on any atom is -0.350 e. The monoisotopic (exact) mass is 401 g/mol. The van der Waals surface area contributed by atoms with Gasteiger partial charge in [-0.3, -0.25) is 9.78 Å². The summed E-state index contributed by atoms with van der Waals surface area (Å²) in [4.78, 5) is 16.5. The van der Waals surface area contributed by atoms with E-state index in [4.69, 9.17) is 0 Å². The van der Waals surface area contributed by atoms with Crippen LogP contribution in [0.4, 0.5) is 0 Å². The molecular formula is C16H23N3O5S2. The van der Waals surface area contributed by atoms with Crippen molar-refractivity contribution >= 4 is 25.8 Å². The van der Waals surface area contributed by atoms with Gasteiger partial charge >= 0.3 is 0 Å². The van der Waals surface area contributed by atoms with Gasteiger partial charge in [0.15, 0.2) is 9.84 Å². The molecule has 1 atom stereocenters. The predicted octanol–water partition coefficient (Wildman–Crippen LogP) is 0.176. The van der Waals surface area contributed by atoms with Crippen molar-refractivity contribution in [2.45, 2.75) is 36.6 Å². The maximum atomic E-state index is 12.6. The van der Waals surface area contributed by atoms with Crippen LogP contribution in [0.5, 0.6) is 0 Å². The highest BCUT2D eigenvalue weighted by atomic mass is 32.2. The molecule has 0 aliphatic carbocycles. The maximum Gasteiger partial charge on any atom is 0.244 e. The van der Waals surface area contributed by atoms with Gasteiger partial charge in [0.25, 0.3) is 0 Å². The number of hydrogen-bond donors (Lipinski definition) is 1. The molecule has 2 saturated heterocycles. The van der Waals surface area contributed by atoms with E-state index in [2.05, 4.69) is 10.3 Å². The highest BCUT2D eigenvalue weighted by Crippen LogP contribution is 2.27. The zero-order valence-electron chi connectivity index (χ0n) is 14.6. The number of sulfonamides is 1. The van der Waals surface area contributed by atoms with Crippen molar-refractivity contribution in [1.29, 1.82) is 0 Å². The quantitative estimate of drug-likeness (QED) is 0.770. The Balaban J connectivity index is 1.59. The zero-order valence-corrected chi connectivity index (χ0v) is 16.2. The van der Waals surface area contributed by atoms with Gasteiger partial charge in [-0.05, 0) is 38.3 Å². The van der Waals surface area contributed by atoms with E-state index in [1.807, 2.05) is 0 Å². The van der Waals surface area contributed by atoms with Crippen LogP contribution >= 0.6 is 0 Å². The normalized spacial score (nSPS) is 27.3. The summed E-state index contributed by atoms with van der Waals surface area (Å²) in [7, 11) is -6.70. The molecular weight excluding hydrogens is 378 g/mol. The van der Waals surface area contributed by atoms with Crippen molar-refractivity contribution in [2.24, 2.45) is 5.92 Å². The molecule has 0 bridgehead atoms. The molecule has 2 aliphatic heterocycles. The summed E-state index contributed by atoms with van der Waals surface area (Å²) in [6, 6.07) is 3.08. The molecule has 3 rings (SSSR count). The second kappa shape index (κ2) is 6.90. The standard InChI is InChI=1S/C16H23N3O5S2/c1-16(6-10-25(21,22)12-16)18-15(20)13-4-8-19(9-5-13)26(23,24)14-3-2-7-17-11-14/h2-3,7,11,13H,4-6,8-10,12H2,1H3,(H,18,20). The Kier molecular flexibility index (Phi) is 5.11. The van der Waals surface area contributed by atoms with E-state index < -0.39 is 25.4 Å². The van der Waals surface area contributed by atoms with E-state index in [0.29, 0.717) is 19.3 Å². The molecule has 1 aromatic rings. The number of nitrogens with one attached hydrogen (secondary N) is 1. The second-order valence-electron chi connectivity index (χ2n) is 7.26. The number of hydrogen-bond acceptors (Lipinski definition) is 6. The summed E-state index contributed by atoms with van der Waals surface area (Å²) in [5, 5.41) is 2.87. The molecule has 0 saturated carbocycles. The lowest BCUT2D eigenvalue weighted by atomic mass is 9.94. The molecule has 10 heteroatoms. The van der Waals surface area contributed by atoms with Crippen LogP contribution in [0.15, 0.2) is 29.4 Å². The summed E-state index contributed by atoms with van der Waals surface area (Å²) >= 11 is 0. The van der Waals surface area contributed by atoms with Crippen LogP contribution in [0.3, 0.4) is 0 Å². The zero-order chi connectivity index (χ0) is 19.0. The number of aromatic nitrogens is 1. The molecule has 1 N–H and O–H groups in total. The van der Waals surface area contributed by atoms with Gasteiger partial charge in [-0.15, -0.1) is 0 Å². The molecule has 1 amide bonds. The first-order valence-corrected chi connectivity index (χ1v) is 11.8. The van der Waals surface area contributed by atoms with Crippen LogP contribution in [0.1, 0.15) is 26.2 Å². The predicted molar refractivity (Wildman–Crippen MR) is 95.5 cm³/mol. The Hall–Kier alpha value is -1.52. The number of amides is 1. The molecule has 1 unspecified atom stereocenters. The van der Waals surface area contributed by atoms with Gasteiger partial charge in [-0.1, -0.05) is 0 Å². The first-order chi connectivity index (χ1) is 12.1. The van der Waals surface area contributed by atoms with Crippen LogP contribution in [-0.2, 0) is 24.7 Å². The molecule has 8 nitrogen and oxygen atoms in total. The molecule has 0 radical (unpaired) electrons. The van der Waals surface area contributed by atoms with Crippen molar-refractivity contribution in [3.05, 3.63) is 24.5 Å². The molecule has 26 heavy (non-hydrogen) atoms. The van der Waals surface area contributed by atoms with Crippen molar-refractivity contribution in [3.8, 4) is 0 Å². The molecule has 2 fully saturated rings. The summed E-state index contributed by atoms with van der Waals surface area (Å²) in [5.74, 6) is -0.454. The Morgan fingerprint density at radius 2 is 2.04 bits per heavy atom. The average molecular weight is 402 g/mol. The molecule has 144 valence electrons. The molecule has 0 spiro atoms. The molecule has 2 aliphatic rings. The maximum absolute atomic E-state index is 12.6. The van der Waals surface area contributed by atoms with Crippen LogP contribution < -0.4 is 5.32 Å². The largest absolute Gasteiger partial charge is 0.350 e.